The third-order valence-electron chi connectivity index (χ3n) is 2.68. The normalized spacial score (nSPS) is 10.8. The molecular weight excluding hydrogens is 224 g/mol. The molecule has 0 radical (unpaired) electrons. The fourth-order valence-electron chi connectivity index (χ4n) is 1.75. The molecule has 0 atom stereocenters. The molecule has 0 aliphatic carbocycles. The van der Waals surface area contributed by atoms with Crippen molar-refractivity contribution in [2.45, 2.75) is 13.8 Å². The highest BCUT2D eigenvalue weighted by Gasteiger charge is 1.99. The smallest absolute Gasteiger partial charge is 0.168 e. The summed E-state index contributed by atoms with van der Waals surface area (Å²) >= 11 is 0. The van der Waals surface area contributed by atoms with E-state index in [1.54, 1.807) is 18.3 Å². The molecule has 90 valence electrons. The van der Waals surface area contributed by atoms with E-state index in [-0.39, 0.29) is 0 Å². The van der Waals surface area contributed by atoms with Gasteiger partial charge in [0, 0.05) is 0 Å². The molecular formula is C15H14N2O. The molecule has 3 heteroatoms. The summed E-state index contributed by atoms with van der Waals surface area (Å²) in [6.45, 7) is 4.05. The van der Waals surface area contributed by atoms with Gasteiger partial charge in [-0.3, -0.25) is 9.79 Å². The molecule has 18 heavy (non-hydrogen) atoms. The fourth-order valence-corrected chi connectivity index (χ4v) is 1.75. The van der Waals surface area contributed by atoms with E-state index in [9.17, 15) is 4.79 Å². The number of rotatable bonds is 3. The Bertz CT molecular complexity index is 583. The lowest BCUT2D eigenvalue weighted by molar-refractivity contribution is 0.111. The highest BCUT2D eigenvalue weighted by molar-refractivity contribution is 5.82. The second kappa shape index (κ2) is 5.36. The van der Waals surface area contributed by atoms with Crippen molar-refractivity contribution in [1.82, 2.24) is 4.98 Å². The van der Waals surface area contributed by atoms with Crippen molar-refractivity contribution in [3.8, 4) is 0 Å². The van der Waals surface area contributed by atoms with Crippen molar-refractivity contribution in [3.05, 3.63) is 58.9 Å². The average Bonchev–Trinajstić information content (AvgIpc) is 2.38. The first-order valence-electron chi connectivity index (χ1n) is 5.73. The molecule has 0 fully saturated rings. The van der Waals surface area contributed by atoms with E-state index in [0.29, 0.717) is 11.4 Å². The second-order valence-corrected chi connectivity index (χ2v) is 4.10. The highest BCUT2D eigenvalue weighted by atomic mass is 16.1. The number of carbonyl (C=O) groups is 1. The van der Waals surface area contributed by atoms with E-state index < -0.39 is 0 Å². The minimum absolute atomic E-state index is 0.417. The molecule has 0 bridgehead atoms. The molecule has 0 saturated heterocycles. The van der Waals surface area contributed by atoms with Gasteiger partial charge < -0.3 is 0 Å². The minimum atomic E-state index is 0.417. The largest absolute Gasteiger partial charge is 0.296 e. The Labute approximate surface area is 106 Å². The van der Waals surface area contributed by atoms with Crippen molar-refractivity contribution in [2.75, 3.05) is 0 Å². The number of aryl methyl sites for hydroxylation is 2. The van der Waals surface area contributed by atoms with Crippen LogP contribution in [0.25, 0.3) is 0 Å². The summed E-state index contributed by atoms with van der Waals surface area (Å²) in [5.41, 5.74) is 4.30. The molecule has 0 N–H and O–H groups in total. The maximum atomic E-state index is 10.6. The number of hydrogen-bond donors (Lipinski definition) is 0. The molecule has 1 aromatic heterocycles. The van der Waals surface area contributed by atoms with Gasteiger partial charge in [-0.2, -0.15) is 0 Å². The Kier molecular flexibility index (Phi) is 3.63. The molecule has 0 saturated carbocycles. The zero-order valence-corrected chi connectivity index (χ0v) is 10.4. The van der Waals surface area contributed by atoms with E-state index in [4.69, 9.17) is 0 Å². The van der Waals surface area contributed by atoms with E-state index in [0.717, 1.165) is 23.1 Å². The van der Waals surface area contributed by atoms with Gasteiger partial charge in [0.05, 0.1) is 17.6 Å². The first-order chi connectivity index (χ1) is 8.70. The SMILES string of the molecule is Cc1cccc(C)c1N=Cc1cccc(C=O)n1. The van der Waals surface area contributed by atoms with Gasteiger partial charge in [0.1, 0.15) is 5.69 Å². The summed E-state index contributed by atoms with van der Waals surface area (Å²) in [6, 6.07) is 11.3. The quantitative estimate of drug-likeness (QED) is 0.608. The lowest BCUT2D eigenvalue weighted by Gasteiger charge is -2.03. The van der Waals surface area contributed by atoms with Crippen LogP contribution in [0.1, 0.15) is 27.3 Å². The van der Waals surface area contributed by atoms with Gasteiger partial charge in [-0.05, 0) is 37.1 Å². The Morgan fingerprint density at radius 3 is 2.28 bits per heavy atom. The van der Waals surface area contributed by atoms with Crippen LogP contribution in [0.15, 0.2) is 41.4 Å². The zero-order valence-electron chi connectivity index (χ0n) is 10.4. The standard InChI is InChI=1S/C15H14N2O/c1-11-5-3-6-12(2)15(11)16-9-13-7-4-8-14(10-18)17-13/h3-10H,1-2H3. The highest BCUT2D eigenvalue weighted by Crippen LogP contribution is 2.22. The summed E-state index contributed by atoms with van der Waals surface area (Å²) in [7, 11) is 0. The van der Waals surface area contributed by atoms with Gasteiger partial charge in [0.15, 0.2) is 6.29 Å². The van der Waals surface area contributed by atoms with Crippen LogP contribution in [0.2, 0.25) is 0 Å². The third kappa shape index (κ3) is 2.69. The summed E-state index contributed by atoms with van der Waals surface area (Å²) in [4.78, 5) is 19.2. The van der Waals surface area contributed by atoms with E-state index in [1.807, 2.05) is 38.1 Å². The Balaban J connectivity index is 2.32. The molecule has 1 heterocycles. The maximum absolute atomic E-state index is 10.6. The number of aromatic nitrogens is 1. The lowest BCUT2D eigenvalue weighted by Crippen LogP contribution is -1.92. The Morgan fingerprint density at radius 2 is 1.61 bits per heavy atom. The van der Waals surface area contributed by atoms with Crippen LogP contribution in [0.5, 0.6) is 0 Å². The van der Waals surface area contributed by atoms with Crippen molar-refractivity contribution in [2.24, 2.45) is 4.99 Å². The van der Waals surface area contributed by atoms with Crippen molar-refractivity contribution >= 4 is 18.2 Å². The summed E-state index contributed by atoms with van der Waals surface area (Å²) in [6.07, 6.45) is 2.42. The number of benzene rings is 1. The molecule has 2 aromatic rings. The van der Waals surface area contributed by atoms with Crippen molar-refractivity contribution in [1.29, 1.82) is 0 Å². The topological polar surface area (TPSA) is 42.3 Å². The van der Waals surface area contributed by atoms with Crippen molar-refractivity contribution < 1.29 is 4.79 Å². The lowest BCUT2D eigenvalue weighted by atomic mass is 10.1. The Hall–Kier alpha value is -2.29. The molecule has 0 unspecified atom stereocenters. The Morgan fingerprint density at radius 1 is 1.00 bits per heavy atom. The van der Waals surface area contributed by atoms with Crippen LogP contribution >= 0.6 is 0 Å². The summed E-state index contributed by atoms with van der Waals surface area (Å²) in [5, 5.41) is 0. The van der Waals surface area contributed by atoms with Crippen LogP contribution in [0.4, 0.5) is 5.69 Å². The number of aliphatic imine (C=N–C) groups is 1. The predicted octanol–water partition coefficient (Wildman–Crippen LogP) is 3.26. The van der Waals surface area contributed by atoms with E-state index >= 15 is 0 Å². The first-order valence-corrected chi connectivity index (χ1v) is 5.73. The van der Waals surface area contributed by atoms with Gasteiger partial charge in [-0.1, -0.05) is 24.3 Å². The number of hydrogen-bond acceptors (Lipinski definition) is 3. The molecule has 0 spiro atoms. The first kappa shape index (κ1) is 12.2. The number of pyridine rings is 1. The molecule has 2 rings (SSSR count). The fraction of sp³-hybridized carbons (Fsp3) is 0.133. The molecule has 3 nitrogen and oxygen atoms in total. The number of aldehydes is 1. The molecule has 0 aliphatic heterocycles. The maximum Gasteiger partial charge on any atom is 0.168 e. The zero-order chi connectivity index (χ0) is 13.0. The van der Waals surface area contributed by atoms with Crippen LogP contribution in [-0.4, -0.2) is 17.5 Å². The number of nitrogens with zero attached hydrogens (tertiary/aromatic N) is 2. The van der Waals surface area contributed by atoms with Crippen LogP contribution in [-0.2, 0) is 0 Å². The number of carbonyl (C=O) groups excluding carboxylic acids is 1. The van der Waals surface area contributed by atoms with Gasteiger partial charge in [0.2, 0.25) is 0 Å². The van der Waals surface area contributed by atoms with Gasteiger partial charge in [-0.15, -0.1) is 0 Å². The van der Waals surface area contributed by atoms with Crippen LogP contribution < -0.4 is 0 Å². The molecule has 0 amide bonds. The summed E-state index contributed by atoms with van der Waals surface area (Å²) in [5.74, 6) is 0. The van der Waals surface area contributed by atoms with E-state index in [2.05, 4.69) is 9.98 Å². The average molecular weight is 238 g/mol. The molecule has 1 aromatic carbocycles. The van der Waals surface area contributed by atoms with Crippen LogP contribution in [0.3, 0.4) is 0 Å². The predicted molar refractivity (Wildman–Crippen MR) is 72.8 cm³/mol. The number of para-hydroxylation sites is 1. The van der Waals surface area contributed by atoms with Gasteiger partial charge in [-0.25, -0.2) is 4.98 Å². The van der Waals surface area contributed by atoms with Crippen molar-refractivity contribution in [3.63, 3.8) is 0 Å². The summed E-state index contributed by atoms with van der Waals surface area (Å²) < 4.78 is 0. The second-order valence-electron chi connectivity index (χ2n) is 4.10. The molecule has 0 aliphatic rings. The third-order valence-corrected chi connectivity index (χ3v) is 2.68. The monoisotopic (exact) mass is 238 g/mol. The minimum Gasteiger partial charge on any atom is -0.296 e. The van der Waals surface area contributed by atoms with Gasteiger partial charge in [0.25, 0.3) is 0 Å². The van der Waals surface area contributed by atoms with Crippen LogP contribution in [0, 0.1) is 13.8 Å². The van der Waals surface area contributed by atoms with Gasteiger partial charge >= 0.3 is 0 Å². The van der Waals surface area contributed by atoms with E-state index in [1.165, 1.54) is 0 Å².